The molecule has 0 aliphatic carbocycles. The van der Waals surface area contributed by atoms with Crippen molar-refractivity contribution in [2.75, 3.05) is 0 Å². The molecule has 1 heterocycles. The standard InChI is InChI=1S/C12H8N2O4/c13-6-7-1-3-8(4-2-7)12(17)18-9-5-10(15)14-11(9)16/h1-4,9H,5H2,(H,14,15,16). The maximum atomic E-state index is 11.7. The molecular formula is C12H8N2O4. The van der Waals surface area contributed by atoms with Gasteiger partial charge in [0, 0.05) is 0 Å². The van der Waals surface area contributed by atoms with Crippen molar-refractivity contribution in [1.82, 2.24) is 5.32 Å². The third kappa shape index (κ3) is 2.35. The summed E-state index contributed by atoms with van der Waals surface area (Å²) >= 11 is 0. The summed E-state index contributed by atoms with van der Waals surface area (Å²) in [6.07, 6.45) is -1.22. The third-order valence-electron chi connectivity index (χ3n) is 2.42. The summed E-state index contributed by atoms with van der Waals surface area (Å²) in [6.45, 7) is 0. The predicted octanol–water partition coefficient (Wildman–Crippen LogP) is 0.130. The van der Waals surface area contributed by atoms with Gasteiger partial charge in [-0.15, -0.1) is 0 Å². The Morgan fingerprint density at radius 1 is 1.33 bits per heavy atom. The van der Waals surface area contributed by atoms with Gasteiger partial charge < -0.3 is 4.74 Å². The molecule has 90 valence electrons. The summed E-state index contributed by atoms with van der Waals surface area (Å²) in [6, 6.07) is 7.71. The fourth-order valence-corrected chi connectivity index (χ4v) is 1.50. The average molecular weight is 244 g/mol. The number of esters is 1. The Morgan fingerprint density at radius 2 is 2.00 bits per heavy atom. The highest BCUT2D eigenvalue weighted by atomic mass is 16.5. The first kappa shape index (κ1) is 11.8. The predicted molar refractivity (Wildman–Crippen MR) is 58.1 cm³/mol. The van der Waals surface area contributed by atoms with Gasteiger partial charge in [0.1, 0.15) is 0 Å². The minimum atomic E-state index is -1.07. The van der Waals surface area contributed by atoms with E-state index < -0.39 is 23.9 Å². The summed E-state index contributed by atoms with van der Waals surface area (Å²) in [5, 5.41) is 10.6. The van der Waals surface area contributed by atoms with Crippen LogP contribution in [-0.2, 0) is 14.3 Å². The van der Waals surface area contributed by atoms with E-state index in [2.05, 4.69) is 0 Å². The number of amides is 2. The zero-order chi connectivity index (χ0) is 13.1. The average Bonchev–Trinajstić information content (AvgIpc) is 2.68. The molecule has 1 aromatic rings. The quantitative estimate of drug-likeness (QED) is 0.589. The third-order valence-corrected chi connectivity index (χ3v) is 2.42. The number of rotatable bonds is 2. The first-order valence-electron chi connectivity index (χ1n) is 5.15. The van der Waals surface area contributed by atoms with E-state index >= 15 is 0 Å². The zero-order valence-electron chi connectivity index (χ0n) is 9.17. The van der Waals surface area contributed by atoms with Gasteiger partial charge in [-0.2, -0.15) is 5.26 Å². The molecule has 1 unspecified atom stereocenters. The van der Waals surface area contributed by atoms with E-state index in [0.29, 0.717) is 5.56 Å². The van der Waals surface area contributed by atoms with Crippen LogP contribution in [0.2, 0.25) is 0 Å². The molecule has 1 aliphatic rings. The van der Waals surface area contributed by atoms with Gasteiger partial charge in [0.15, 0.2) is 6.10 Å². The van der Waals surface area contributed by atoms with Crippen LogP contribution in [-0.4, -0.2) is 23.9 Å². The van der Waals surface area contributed by atoms with Crippen molar-refractivity contribution in [3.05, 3.63) is 35.4 Å². The number of benzene rings is 1. The number of imide groups is 1. The van der Waals surface area contributed by atoms with Crippen LogP contribution in [0.25, 0.3) is 0 Å². The molecule has 1 fully saturated rings. The molecule has 0 saturated carbocycles. The van der Waals surface area contributed by atoms with Crippen LogP contribution in [0.15, 0.2) is 24.3 Å². The van der Waals surface area contributed by atoms with E-state index in [1.165, 1.54) is 24.3 Å². The van der Waals surface area contributed by atoms with E-state index in [4.69, 9.17) is 10.00 Å². The molecule has 0 spiro atoms. The van der Waals surface area contributed by atoms with Crippen LogP contribution in [0, 0.1) is 11.3 Å². The number of carbonyl (C=O) groups is 3. The van der Waals surface area contributed by atoms with Crippen molar-refractivity contribution in [1.29, 1.82) is 5.26 Å². The number of nitriles is 1. The lowest BCUT2D eigenvalue weighted by Crippen LogP contribution is -2.28. The summed E-state index contributed by atoms with van der Waals surface area (Å²) in [7, 11) is 0. The molecule has 1 atom stereocenters. The number of nitrogens with zero attached hydrogens (tertiary/aromatic N) is 1. The van der Waals surface area contributed by atoms with Crippen LogP contribution in [0.3, 0.4) is 0 Å². The second-order valence-corrected chi connectivity index (χ2v) is 3.70. The van der Waals surface area contributed by atoms with Crippen LogP contribution in [0.4, 0.5) is 0 Å². The van der Waals surface area contributed by atoms with Gasteiger partial charge in [-0.3, -0.25) is 14.9 Å². The second kappa shape index (κ2) is 4.67. The fraction of sp³-hybridized carbons (Fsp3) is 0.167. The van der Waals surface area contributed by atoms with Gasteiger partial charge in [0.25, 0.3) is 5.91 Å². The van der Waals surface area contributed by atoms with E-state index in [1.54, 1.807) is 0 Å². The molecule has 6 nitrogen and oxygen atoms in total. The molecule has 0 aromatic heterocycles. The lowest BCUT2D eigenvalue weighted by Gasteiger charge is -2.08. The normalized spacial score (nSPS) is 18.1. The molecule has 1 saturated heterocycles. The monoisotopic (exact) mass is 244 g/mol. The minimum absolute atomic E-state index is 0.152. The Bertz CT molecular complexity index is 556. The van der Waals surface area contributed by atoms with E-state index in [1.807, 2.05) is 11.4 Å². The van der Waals surface area contributed by atoms with E-state index in [9.17, 15) is 14.4 Å². The molecule has 18 heavy (non-hydrogen) atoms. The molecule has 2 amide bonds. The highest BCUT2D eigenvalue weighted by Crippen LogP contribution is 2.11. The molecule has 1 aromatic carbocycles. The SMILES string of the molecule is N#Cc1ccc(C(=O)OC2CC(=O)NC2=O)cc1. The summed E-state index contributed by atoms with van der Waals surface area (Å²) in [4.78, 5) is 33.8. The lowest BCUT2D eigenvalue weighted by molar-refractivity contribution is -0.128. The maximum Gasteiger partial charge on any atom is 0.338 e. The van der Waals surface area contributed by atoms with Crippen LogP contribution in [0.5, 0.6) is 0 Å². The number of hydrogen-bond donors (Lipinski definition) is 1. The molecule has 1 aliphatic heterocycles. The Hall–Kier alpha value is -2.68. The summed E-state index contributed by atoms with van der Waals surface area (Å²) < 4.78 is 4.90. The molecule has 1 N–H and O–H groups in total. The van der Waals surface area contributed by atoms with Crippen LogP contribution >= 0.6 is 0 Å². The Kier molecular flexibility index (Phi) is 3.06. The number of ether oxygens (including phenoxy) is 1. The van der Waals surface area contributed by atoms with Crippen molar-refractivity contribution in [3.63, 3.8) is 0 Å². The molecule has 2 rings (SSSR count). The number of nitrogens with one attached hydrogen (secondary N) is 1. The highest BCUT2D eigenvalue weighted by molar-refractivity contribution is 6.06. The topological polar surface area (TPSA) is 96.3 Å². The van der Waals surface area contributed by atoms with Crippen molar-refractivity contribution >= 4 is 17.8 Å². The largest absolute Gasteiger partial charge is 0.448 e. The van der Waals surface area contributed by atoms with Crippen LogP contribution in [0.1, 0.15) is 22.3 Å². The second-order valence-electron chi connectivity index (χ2n) is 3.70. The molecule has 6 heteroatoms. The first-order valence-corrected chi connectivity index (χ1v) is 5.15. The van der Waals surface area contributed by atoms with Crippen LogP contribution < -0.4 is 5.32 Å². The van der Waals surface area contributed by atoms with Gasteiger partial charge in [-0.1, -0.05) is 0 Å². The number of carbonyl (C=O) groups excluding carboxylic acids is 3. The Balaban J connectivity index is 2.06. The minimum Gasteiger partial charge on any atom is -0.448 e. The molecule has 0 bridgehead atoms. The molecule has 0 radical (unpaired) electrons. The van der Waals surface area contributed by atoms with Crippen molar-refractivity contribution in [3.8, 4) is 6.07 Å². The summed E-state index contributed by atoms with van der Waals surface area (Å²) in [5.41, 5.74) is 0.640. The zero-order valence-corrected chi connectivity index (χ0v) is 9.17. The van der Waals surface area contributed by atoms with E-state index in [0.717, 1.165) is 0 Å². The lowest BCUT2D eigenvalue weighted by atomic mass is 10.1. The Morgan fingerprint density at radius 3 is 2.50 bits per heavy atom. The van der Waals surface area contributed by atoms with Gasteiger partial charge in [-0.05, 0) is 24.3 Å². The van der Waals surface area contributed by atoms with Crippen molar-refractivity contribution in [2.45, 2.75) is 12.5 Å². The molecular weight excluding hydrogens is 236 g/mol. The van der Waals surface area contributed by atoms with Gasteiger partial charge in [-0.25, -0.2) is 4.79 Å². The summed E-state index contributed by atoms with van der Waals surface area (Å²) in [5.74, 6) is -1.77. The maximum absolute atomic E-state index is 11.7. The Labute approximate surface area is 102 Å². The van der Waals surface area contributed by atoms with Gasteiger partial charge in [0.2, 0.25) is 5.91 Å². The fourth-order valence-electron chi connectivity index (χ4n) is 1.50. The smallest absolute Gasteiger partial charge is 0.338 e. The van der Waals surface area contributed by atoms with Gasteiger partial charge in [0.05, 0.1) is 23.6 Å². The van der Waals surface area contributed by atoms with Gasteiger partial charge >= 0.3 is 5.97 Å². The van der Waals surface area contributed by atoms with Crippen molar-refractivity contribution < 1.29 is 19.1 Å². The van der Waals surface area contributed by atoms with E-state index in [-0.39, 0.29) is 12.0 Å². The highest BCUT2D eigenvalue weighted by Gasteiger charge is 2.33. The number of hydrogen-bond acceptors (Lipinski definition) is 5. The van der Waals surface area contributed by atoms with Crippen molar-refractivity contribution in [2.24, 2.45) is 0 Å². The first-order chi connectivity index (χ1) is 8.60.